The number of carbonyl (C=O) groups is 2. The molecule has 0 radical (unpaired) electrons. The zero-order valence-corrected chi connectivity index (χ0v) is 19.3. The van der Waals surface area contributed by atoms with Gasteiger partial charge in [0.25, 0.3) is 0 Å². The second-order valence-corrected chi connectivity index (χ2v) is 14.0. The molecule has 0 N–H and O–H groups in total. The van der Waals surface area contributed by atoms with Crippen LogP contribution in [0.5, 0.6) is 0 Å². The fraction of sp³-hybridized carbons (Fsp3) is 0.636. The predicted octanol–water partition coefficient (Wildman–Crippen LogP) is 5.01. The number of ether oxygens (including phenoxy) is 1. The van der Waals surface area contributed by atoms with Gasteiger partial charge in [0.2, 0.25) is 5.91 Å². The quantitative estimate of drug-likeness (QED) is 0.598. The average molecular weight is 406 g/mol. The standard InChI is InChI=1S/C22H35NO4Si/c1-8-19(27-28(6,7)22(3,4)5)16(2)20(24)23-18(15-26-21(23)25)14-17-12-10-9-11-13-17/h9-13,16,18-19H,8,14-15H2,1-7H3/t16-,18-,19+/m0/s1. The van der Waals surface area contributed by atoms with Crippen LogP contribution in [0.25, 0.3) is 0 Å². The maximum Gasteiger partial charge on any atom is 0.416 e. The monoisotopic (exact) mass is 405 g/mol. The summed E-state index contributed by atoms with van der Waals surface area (Å²) < 4.78 is 11.7. The first kappa shape index (κ1) is 22.6. The fourth-order valence-corrected chi connectivity index (χ4v) is 4.72. The van der Waals surface area contributed by atoms with Crippen LogP contribution in [-0.2, 0) is 20.4 Å². The Balaban J connectivity index is 2.15. The number of carbonyl (C=O) groups excluding carboxylic acids is 2. The van der Waals surface area contributed by atoms with E-state index in [0.717, 1.165) is 12.0 Å². The molecule has 1 aromatic rings. The third-order valence-corrected chi connectivity index (χ3v) is 10.6. The van der Waals surface area contributed by atoms with E-state index in [2.05, 4.69) is 33.9 Å². The lowest BCUT2D eigenvalue weighted by Gasteiger charge is -2.41. The number of hydrogen-bond donors (Lipinski definition) is 0. The van der Waals surface area contributed by atoms with E-state index in [4.69, 9.17) is 9.16 Å². The largest absolute Gasteiger partial charge is 0.447 e. The Hall–Kier alpha value is -1.66. The van der Waals surface area contributed by atoms with E-state index in [1.165, 1.54) is 4.90 Å². The predicted molar refractivity (Wildman–Crippen MR) is 114 cm³/mol. The van der Waals surface area contributed by atoms with Gasteiger partial charge in [0, 0.05) is 0 Å². The number of imide groups is 1. The summed E-state index contributed by atoms with van der Waals surface area (Å²) in [4.78, 5) is 26.9. The molecule has 0 saturated carbocycles. The summed E-state index contributed by atoms with van der Waals surface area (Å²) >= 11 is 0. The molecule has 0 aliphatic carbocycles. The first-order valence-corrected chi connectivity index (χ1v) is 13.1. The molecule has 5 nitrogen and oxygen atoms in total. The number of cyclic esters (lactones) is 1. The van der Waals surface area contributed by atoms with Crippen molar-refractivity contribution in [2.24, 2.45) is 5.92 Å². The highest BCUT2D eigenvalue weighted by atomic mass is 28.4. The van der Waals surface area contributed by atoms with Gasteiger partial charge in [-0.2, -0.15) is 0 Å². The van der Waals surface area contributed by atoms with Crippen LogP contribution in [0.1, 0.15) is 46.6 Å². The van der Waals surface area contributed by atoms with Crippen LogP contribution in [0.2, 0.25) is 18.1 Å². The lowest BCUT2D eigenvalue weighted by Crippen LogP contribution is -2.50. The molecular weight excluding hydrogens is 370 g/mol. The molecule has 3 atom stereocenters. The highest BCUT2D eigenvalue weighted by Gasteiger charge is 2.44. The van der Waals surface area contributed by atoms with E-state index in [0.29, 0.717) is 6.42 Å². The minimum Gasteiger partial charge on any atom is -0.447 e. The zero-order valence-electron chi connectivity index (χ0n) is 18.3. The Kier molecular flexibility index (Phi) is 7.10. The van der Waals surface area contributed by atoms with Gasteiger partial charge in [-0.05, 0) is 36.5 Å². The van der Waals surface area contributed by atoms with Crippen LogP contribution in [0.3, 0.4) is 0 Å². The molecule has 1 saturated heterocycles. The Morgan fingerprint density at radius 2 is 1.89 bits per heavy atom. The summed E-state index contributed by atoms with van der Waals surface area (Å²) in [6.07, 6.45) is 0.579. The number of benzene rings is 1. The molecule has 28 heavy (non-hydrogen) atoms. The average Bonchev–Trinajstić information content (AvgIpc) is 2.98. The van der Waals surface area contributed by atoms with E-state index < -0.39 is 20.3 Å². The van der Waals surface area contributed by atoms with E-state index >= 15 is 0 Å². The van der Waals surface area contributed by atoms with Crippen molar-refractivity contribution in [3.05, 3.63) is 35.9 Å². The molecule has 156 valence electrons. The lowest BCUT2D eigenvalue weighted by molar-refractivity contribution is -0.136. The van der Waals surface area contributed by atoms with Gasteiger partial charge in [-0.1, -0.05) is 65.0 Å². The van der Waals surface area contributed by atoms with Crippen LogP contribution < -0.4 is 0 Å². The van der Waals surface area contributed by atoms with Gasteiger partial charge in [0.1, 0.15) is 6.61 Å². The van der Waals surface area contributed by atoms with Crippen LogP contribution in [0.4, 0.5) is 4.79 Å². The third kappa shape index (κ3) is 5.03. The number of amides is 2. The summed E-state index contributed by atoms with van der Waals surface area (Å²) in [6, 6.07) is 9.61. The summed E-state index contributed by atoms with van der Waals surface area (Å²) in [6.45, 7) is 15.1. The molecule has 0 aromatic heterocycles. The first-order chi connectivity index (χ1) is 13.0. The smallest absolute Gasteiger partial charge is 0.416 e. The lowest BCUT2D eigenvalue weighted by atomic mass is 9.99. The number of nitrogens with zero attached hydrogens (tertiary/aromatic N) is 1. The molecule has 0 bridgehead atoms. The van der Waals surface area contributed by atoms with Gasteiger partial charge in [-0.25, -0.2) is 9.69 Å². The first-order valence-electron chi connectivity index (χ1n) is 10.2. The summed E-state index contributed by atoms with van der Waals surface area (Å²) in [5.74, 6) is -0.600. The van der Waals surface area contributed by atoms with Crippen LogP contribution >= 0.6 is 0 Å². The van der Waals surface area contributed by atoms with Crippen molar-refractivity contribution < 1.29 is 18.8 Å². The number of hydrogen-bond acceptors (Lipinski definition) is 4. The molecule has 0 spiro atoms. The SMILES string of the molecule is CC[C@@H](O[Si](C)(C)C(C)(C)C)[C@H](C)C(=O)N1C(=O)OC[C@@H]1Cc1ccccc1. The van der Waals surface area contributed by atoms with E-state index in [9.17, 15) is 9.59 Å². The molecule has 0 unspecified atom stereocenters. The molecule has 1 aliphatic heterocycles. The van der Waals surface area contributed by atoms with Gasteiger partial charge in [-0.3, -0.25) is 4.79 Å². The Bertz CT molecular complexity index is 684. The molecule has 1 fully saturated rings. The van der Waals surface area contributed by atoms with E-state index in [-0.39, 0.29) is 29.7 Å². The fourth-order valence-electron chi connectivity index (χ4n) is 3.24. The second-order valence-electron chi connectivity index (χ2n) is 9.24. The van der Waals surface area contributed by atoms with Crippen molar-refractivity contribution in [1.29, 1.82) is 0 Å². The van der Waals surface area contributed by atoms with Crippen LogP contribution in [0.15, 0.2) is 30.3 Å². The van der Waals surface area contributed by atoms with Crippen molar-refractivity contribution in [1.82, 2.24) is 4.90 Å². The zero-order chi connectivity index (χ0) is 21.1. The summed E-state index contributed by atoms with van der Waals surface area (Å²) in [7, 11) is -2.02. The Morgan fingerprint density at radius 3 is 2.43 bits per heavy atom. The minimum atomic E-state index is -2.02. The molecule has 1 heterocycles. The molecule has 2 rings (SSSR count). The van der Waals surface area contributed by atoms with Crippen molar-refractivity contribution in [3.63, 3.8) is 0 Å². The molecule has 1 aliphatic rings. The van der Waals surface area contributed by atoms with Gasteiger partial charge in [0.15, 0.2) is 8.32 Å². The summed E-state index contributed by atoms with van der Waals surface area (Å²) in [5.41, 5.74) is 1.08. The van der Waals surface area contributed by atoms with Crippen molar-refractivity contribution in [2.75, 3.05) is 6.61 Å². The van der Waals surface area contributed by atoms with Crippen molar-refractivity contribution in [2.45, 2.75) is 77.7 Å². The second kappa shape index (κ2) is 8.78. The van der Waals surface area contributed by atoms with Crippen LogP contribution in [-0.4, -0.2) is 44.0 Å². The highest BCUT2D eigenvalue weighted by molar-refractivity contribution is 6.74. The van der Waals surface area contributed by atoms with E-state index in [1.807, 2.05) is 44.2 Å². The molecular formula is C22H35NO4Si. The number of rotatable bonds is 7. The Labute approximate surface area is 170 Å². The maximum absolute atomic E-state index is 13.3. The van der Waals surface area contributed by atoms with Gasteiger partial charge in [-0.15, -0.1) is 0 Å². The summed E-state index contributed by atoms with van der Waals surface area (Å²) in [5, 5.41) is 0.0611. The minimum absolute atomic E-state index is 0.0611. The normalized spacial score (nSPS) is 20.0. The topological polar surface area (TPSA) is 55.8 Å². The highest BCUT2D eigenvalue weighted by Crippen LogP contribution is 2.38. The third-order valence-electron chi connectivity index (χ3n) is 6.11. The van der Waals surface area contributed by atoms with Crippen LogP contribution in [0, 0.1) is 5.92 Å². The maximum atomic E-state index is 13.3. The van der Waals surface area contributed by atoms with Crippen molar-refractivity contribution in [3.8, 4) is 0 Å². The van der Waals surface area contributed by atoms with Gasteiger partial charge < -0.3 is 9.16 Å². The Morgan fingerprint density at radius 1 is 1.29 bits per heavy atom. The molecule has 1 aromatic carbocycles. The van der Waals surface area contributed by atoms with E-state index in [1.54, 1.807) is 0 Å². The van der Waals surface area contributed by atoms with Gasteiger partial charge in [0.05, 0.1) is 18.1 Å². The molecule has 2 amide bonds. The van der Waals surface area contributed by atoms with Gasteiger partial charge >= 0.3 is 6.09 Å². The molecule has 6 heteroatoms. The van der Waals surface area contributed by atoms with Crippen molar-refractivity contribution >= 4 is 20.3 Å².